The highest BCUT2D eigenvalue weighted by Crippen LogP contribution is 2.29. The van der Waals surface area contributed by atoms with Crippen molar-refractivity contribution < 1.29 is 14.4 Å². The largest absolute Gasteiger partial charge is 0.463 e. The number of rotatable bonds is 5. The highest BCUT2D eigenvalue weighted by atomic mass is 35.5. The molecule has 2 heterocycles. The number of nitrogens with zero attached hydrogens (tertiary/aromatic N) is 2. The van der Waals surface area contributed by atoms with Gasteiger partial charge in [-0.1, -0.05) is 5.16 Å². The van der Waals surface area contributed by atoms with E-state index in [2.05, 4.69) is 10.1 Å². The van der Waals surface area contributed by atoms with Crippen LogP contribution in [0.3, 0.4) is 0 Å². The molecule has 6 nitrogen and oxygen atoms in total. The van der Waals surface area contributed by atoms with E-state index in [4.69, 9.17) is 15.3 Å². The van der Waals surface area contributed by atoms with Gasteiger partial charge in [0, 0.05) is 24.8 Å². The van der Waals surface area contributed by atoms with Crippen LogP contribution in [0, 0.1) is 0 Å². The Labute approximate surface area is 121 Å². The molecule has 1 aliphatic heterocycles. The van der Waals surface area contributed by atoms with Crippen LogP contribution in [0.2, 0.25) is 0 Å². The van der Waals surface area contributed by atoms with Crippen molar-refractivity contribution in [3.05, 3.63) is 16.6 Å². The van der Waals surface area contributed by atoms with Gasteiger partial charge < -0.3 is 15.3 Å². The minimum atomic E-state index is -1.10. The lowest BCUT2D eigenvalue weighted by atomic mass is 9.92. The third kappa shape index (κ3) is 3.43. The van der Waals surface area contributed by atoms with E-state index < -0.39 is 11.6 Å². The first-order valence-corrected chi connectivity index (χ1v) is 6.63. The molecule has 0 bridgehead atoms. The summed E-state index contributed by atoms with van der Waals surface area (Å²) in [5, 5.41) is 5.74. The van der Waals surface area contributed by atoms with Crippen LogP contribution in [0.15, 0.2) is 16.0 Å². The van der Waals surface area contributed by atoms with E-state index in [0.717, 1.165) is 5.69 Å². The number of aromatic nitrogens is 1. The van der Waals surface area contributed by atoms with E-state index in [1.165, 1.54) is 11.3 Å². The number of carbonyl (C=O) groups is 1. The summed E-state index contributed by atoms with van der Waals surface area (Å²) in [4.78, 5) is 21.6. The molecule has 2 rings (SSSR count). The number of halogens is 1. The van der Waals surface area contributed by atoms with Crippen LogP contribution in [0.25, 0.3) is 0 Å². The molecule has 1 unspecified atom stereocenters. The minimum absolute atomic E-state index is 0. The van der Waals surface area contributed by atoms with Crippen molar-refractivity contribution in [2.75, 3.05) is 13.2 Å². The average Bonchev–Trinajstić information content (AvgIpc) is 3.00. The number of esters is 1. The molecular weight excluding hydrogens is 290 g/mol. The van der Waals surface area contributed by atoms with E-state index in [1.807, 2.05) is 5.38 Å². The number of nitrogens with two attached hydrogens (primary N) is 1. The first-order valence-electron chi connectivity index (χ1n) is 5.68. The van der Waals surface area contributed by atoms with Gasteiger partial charge in [-0.05, 0) is 6.92 Å². The van der Waals surface area contributed by atoms with Crippen molar-refractivity contribution in [1.29, 1.82) is 0 Å². The van der Waals surface area contributed by atoms with Gasteiger partial charge in [0.25, 0.3) is 0 Å². The van der Waals surface area contributed by atoms with Crippen molar-refractivity contribution in [2.24, 2.45) is 10.9 Å². The van der Waals surface area contributed by atoms with Crippen LogP contribution in [-0.2, 0) is 20.8 Å². The Balaban J connectivity index is 0.00000180. The van der Waals surface area contributed by atoms with E-state index in [0.29, 0.717) is 25.2 Å². The Bertz CT molecular complexity index is 452. The molecule has 0 amide bonds. The predicted octanol–water partition coefficient (Wildman–Crippen LogP) is 1.14. The molecule has 1 aromatic heterocycles. The van der Waals surface area contributed by atoms with E-state index in [9.17, 15) is 4.79 Å². The summed E-state index contributed by atoms with van der Waals surface area (Å²) in [6.07, 6.45) is 0.711. The van der Waals surface area contributed by atoms with Crippen molar-refractivity contribution in [1.82, 2.24) is 4.98 Å². The summed E-state index contributed by atoms with van der Waals surface area (Å²) in [6.45, 7) is 2.34. The molecule has 0 saturated heterocycles. The minimum Gasteiger partial charge on any atom is -0.463 e. The van der Waals surface area contributed by atoms with Crippen molar-refractivity contribution in [3.8, 4) is 0 Å². The Kier molecular flexibility index (Phi) is 5.71. The van der Waals surface area contributed by atoms with Gasteiger partial charge in [-0.15, -0.1) is 23.7 Å². The highest BCUT2D eigenvalue weighted by molar-refractivity contribution is 7.07. The molecule has 0 saturated carbocycles. The fourth-order valence-corrected chi connectivity index (χ4v) is 2.37. The zero-order chi connectivity index (χ0) is 13.0. The third-order valence-corrected chi connectivity index (χ3v) is 3.31. The molecule has 0 aliphatic carbocycles. The summed E-state index contributed by atoms with van der Waals surface area (Å²) < 4.78 is 5.07. The highest BCUT2D eigenvalue weighted by Gasteiger charge is 2.48. The molecule has 2 N–H and O–H groups in total. The van der Waals surface area contributed by atoms with Gasteiger partial charge in [-0.25, -0.2) is 9.78 Å². The van der Waals surface area contributed by atoms with Crippen molar-refractivity contribution in [3.63, 3.8) is 0 Å². The smallest absolute Gasteiger partial charge is 0.354 e. The second-order valence-corrected chi connectivity index (χ2v) is 4.72. The molecule has 8 heteroatoms. The lowest BCUT2D eigenvalue weighted by molar-refractivity contribution is -0.169. The van der Waals surface area contributed by atoms with Gasteiger partial charge in [0.1, 0.15) is 0 Å². The van der Waals surface area contributed by atoms with Crippen molar-refractivity contribution in [2.45, 2.75) is 25.4 Å². The van der Waals surface area contributed by atoms with Crippen LogP contribution in [0.4, 0.5) is 0 Å². The normalized spacial score (nSPS) is 21.3. The number of hydrogen-bond acceptors (Lipinski definition) is 7. The molecule has 0 spiro atoms. The maximum atomic E-state index is 12.1. The SMILES string of the molecule is CCOC(=O)C1(Cc2cscn2)CC(CN)=NO1.Cl. The summed E-state index contributed by atoms with van der Waals surface area (Å²) >= 11 is 1.47. The molecule has 0 aromatic carbocycles. The fraction of sp³-hybridized carbons (Fsp3) is 0.545. The van der Waals surface area contributed by atoms with Crippen LogP contribution < -0.4 is 5.73 Å². The fourth-order valence-electron chi connectivity index (χ4n) is 1.81. The number of ether oxygens (including phenoxy) is 1. The Morgan fingerprint density at radius 2 is 2.47 bits per heavy atom. The standard InChI is InChI=1S/C11H15N3O3S.ClH/c1-2-16-10(15)11(3-8(5-12)14-17-11)4-9-6-18-7-13-9;/h6-7H,2-5,12H2,1H3;1H. The average molecular weight is 306 g/mol. The van der Waals surface area contributed by atoms with Gasteiger partial charge in [-0.2, -0.15) is 0 Å². The van der Waals surface area contributed by atoms with Crippen LogP contribution in [0.5, 0.6) is 0 Å². The second kappa shape index (κ2) is 6.83. The van der Waals surface area contributed by atoms with Crippen LogP contribution >= 0.6 is 23.7 Å². The number of oxime groups is 1. The van der Waals surface area contributed by atoms with E-state index in [1.54, 1.807) is 12.4 Å². The molecule has 1 aromatic rings. The zero-order valence-electron chi connectivity index (χ0n) is 10.5. The van der Waals surface area contributed by atoms with Crippen molar-refractivity contribution >= 4 is 35.4 Å². The van der Waals surface area contributed by atoms with Gasteiger partial charge in [0.05, 0.1) is 23.5 Å². The molecule has 19 heavy (non-hydrogen) atoms. The zero-order valence-corrected chi connectivity index (χ0v) is 12.1. The third-order valence-electron chi connectivity index (χ3n) is 2.67. The number of carbonyl (C=O) groups excluding carboxylic acids is 1. The first kappa shape index (κ1) is 15.9. The molecule has 1 atom stereocenters. The second-order valence-electron chi connectivity index (χ2n) is 4.00. The Morgan fingerprint density at radius 3 is 3.00 bits per heavy atom. The molecule has 1 aliphatic rings. The molecular formula is C11H16ClN3O3S. The maximum Gasteiger partial charge on any atom is 0.354 e. The summed E-state index contributed by atoms with van der Waals surface area (Å²) in [7, 11) is 0. The summed E-state index contributed by atoms with van der Waals surface area (Å²) in [5.74, 6) is -0.412. The van der Waals surface area contributed by atoms with Crippen LogP contribution in [-0.4, -0.2) is 35.4 Å². The maximum absolute atomic E-state index is 12.1. The quantitative estimate of drug-likeness (QED) is 0.824. The topological polar surface area (TPSA) is 86.8 Å². The Morgan fingerprint density at radius 1 is 1.68 bits per heavy atom. The summed E-state index contributed by atoms with van der Waals surface area (Å²) in [5.41, 5.74) is 7.60. The lowest BCUT2D eigenvalue weighted by Crippen LogP contribution is -2.43. The van der Waals surface area contributed by atoms with E-state index >= 15 is 0 Å². The van der Waals surface area contributed by atoms with Gasteiger partial charge in [0.2, 0.25) is 5.60 Å². The lowest BCUT2D eigenvalue weighted by Gasteiger charge is -2.23. The summed E-state index contributed by atoms with van der Waals surface area (Å²) in [6, 6.07) is 0. The Hall–Kier alpha value is -1.18. The van der Waals surface area contributed by atoms with E-state index in [-0.39, 0.29) is 19.0 Å². The van der Waals surface area contributed by atoms with Gasteiger partial charge in [-0.3, -0.25) is 0 Å². The van der Waals surface area contributed by atoms with Gasteiger partial charge in [0.15, 0.2) is 0 Å². The molecule has 0 radical (unpaired) electrons. The number of hydrogen-bond donors (Lipinski definition) is 1. The monoisotopic (exact) mass is 305 g/mol. The predicted molar refractivity (Wildman–Crippen MR) is 74.6 cm³/mol. The first-order chi connectivity index (χ1) is 8.70. The number of thiazole rings is 1. The van der Waals surface area contributed by atoms with Gasteiger partial charge >= 0.3 is 5.97 Å². The molecule has 106 valence electrons. The molecule has 0 fully saturated rings. The van der Waals surface area contributed by atoms with Crippen LogP contribution in [0.1, 0.15) is 19.0 Å².